The number of aromatic nitrogens is 1. The summed E-state index contributed by atoms with van der Waals surface area (Å²) >= 11 is 1.37. The minimum absolute atomic E-state index is 0.0506. The smallest absolute Gasteiger partial charge is 0.357 e. The minimum atomic E-state index is -0.427. The van der Waals surface area contributed by atoms with E-state index < -0.39 is 5.97 Å². The van der Waals surface area contributed by atoms with Crippen molar-refractivity contribution in [2.24, 2.45) is 5.11 Å². The highest BCUT2D eigenvalue weighted by atomic mass is 32.1. The summed E-state index contributed by atoms with van der Waals surface area (Å²) in [7, 11) is 0. The fourth-order valence-corrected chi connectivity index (χ4v) is 3.11. The van der Waals surface area contributed by atoms with Gasteiger partial charge in [-0.15, -0.1) is 11.3 Å². The maximum absolute atomic E-state index is 11.9. The molecular weight excluding hydrogens is 366 g/mol. The maximum atomic E-state index is 11.9. The molecule has 9 heteroatoms. The lowest BCUT2D eigenvalue weighted by atomic mass is 10.1. The van der Waals surface area contributed by atoms with E-state index in [9.17, 15) is 9.59 Å². The fraction of sp³-hybridized carbons (Fsp3) is 0.389. The molecule has 0 radical (unpaired) electrons. The monoisotopic (exact) mass is 387 g/mol. The Labute approximate surface area is 161 Å². The number of hydrogen-bond acceptors (Lipinski definition) is 6. The first-order valence-corrected chi connectivity index (χ1v) is 9.55. The highest BCUT2D eigenvalue weighted by Crippen LogP contribution is 2.25. The topological polar surface area (TPSA) is 117 Å². The van der Waals surface area contributed by atoms with E-state index in [2.05, 4.69) is 20.3 Å². The van der Waals surface area contributed by atoms with Gasteiger partial charge in [-0.05, 0) is 49.6 Å². The summed E-state index contributed by atoms with van der Waals surface area (Å²) in [5.41, 5.74) is 10.1. The summed E-state index contributed by atoms with van der Waals surface area (Å²) in [5.74, 6) is -0.478. The molecular formula is C18H21N5O3S. The molecule has 1 heterocycles. The van der Waals surface area contributed by atoms with Crippen LogP contribution in [0.2, 0.25) is 0 Å². The van der Waals surface area contributed by atoms with Crippen molar-refractivity contribution < 1.29 is 14.3 Å². The van der Waals surface area contributed by atoms with Crippen molar-refractivity contribution in [2.45, 2.75) is 32.6 Å². The van der Waals surface area contributed by atoms with E-state index in [0.29, 0.717) is 31.0 Å². The van der Waals surface area contributed by atoms with Crippen molar-refractivity contribution in [2.75, 3.05) is 18.5 Å². The maximum Gasteiger partial charge on any atom is 0.357 e. The molecule has 1 amide bonds. The summed E-state index contributed by atoms with van der Waals surface area (Å²) in [4.78, 5) is 30.6. The zero-order chi connectivity index (χ0) is 19.5. The number of azide groups is 1. The van der Waals surface area contributed by atoms with E-state index in [1.807, 2.05) is 12.1 Å². The Morgan fingerprint density at radius 3 is 2.74 bits per heavy atom. The first-order chi connectivity index (χ1) is 13.1. The molecule has 0 atom stereocenters. The molecule has 0 aliphatic heterocycles. The molecule has 0 fully saturated rings. The molecule has 142 valence electrons. The Bertz CT molecular complexity index is 813. The number of carbonyl (C=O) groups excluding carboxylic acids is 2. The van der Waals surface area contributed by atoms with E-state index >= 15 is 0 Å². The number of unbranched alkanes of at least 4 members (excludes halogenated alkanes) is 2. The van der Waals surface area contributed by atoms with E-state index in [0.717, 1.165) is 29.8 Å². The molecule has 8 nitrogen and oxygen atoms in total. The zero-order valence-corrected chi connectivity index (χ0v) is 15.9. The normalized spacial score (nSPS) is 10.1. The van der Waals surface area contributed by atoms with Gasteiger partial charge in [0.2, 0.25) is 5.91 Å². The van der Waals surface area contributed by atoms with Crippen LogP contribution in [0.25, 0.3) is 21.0 Å². The van der Waals surface area contributed by atoms with E-state index in [4.69, 9.17) is 10.3 Å². The number of carbonyl (C=O) groups is 2. The molecule has 0 saturated heterocycles. The predicted molar refractivity (Wildman–Crippen MR) is 105 cm³/mol. The Hall–Kier alpha value is -2.90. The average molecular weight is 387 g/mol. The number of esters is 1. The summed E-state index contributed by atoms with van der Waals surface area (Å²) in [5, 5.41) is 8.70. The van der Waals surface area contributed by atoms with Crippen LogP contribution < -0.4 is 5.32 Å². The van der Waals surface area contributed by atoms with Crippen LogP contribution in [0.15, 0.2) is 34.8 Å². The third-order valence-corrected chi connectivity index (χ3v) is 4.52. The molecule has 0 aliphatic carbocycles. The number of rotatable bonds is 10. The molecule has 27 heavy (non-hydrogen) atoms. The van der Waals surface area contributed by atoms with Crippen molar-refractivity contribution in [1.29, 1.82) is 0 Å². The highest BCUT2D eigenvalue weighted by Gasteiger charge is 2.12. The van der Waals surface area contributed by atoms with Crippen LogP contribution in [0.5, 0.6) is 0 Å². The zero-order valence-electron chi connectivity index (χ0n) is 15.1. The number of nitrogens with zero attached hydrogens (tertiary/aromatic N) is 4. The molecule has 0 aliphatic rings. The van der Waals surface area contributed by atoms with Gasteiger partial charge in [-0.25, -0.2) is 9.78 Å². The lowest BCUT2D eigenvalue weighted by Crippen LogP contribution is -2.10. The summed E-state index contributed by atoms with van der Waals surface area (Å²) in [6.07, 6.45) is 2.81. The van der Waals surface area contributed by atoms with Gasteiger partial charge in [0.05, 0.1) is 6.61 Å². The van der Waals surface area contributed by atoms with Gasteiger partial charge in [0.1, 0.15) is 5.01 Å². The average Bonchev–Trinajstić information content (AvgIpc) is 3.16. The molecule has 2 rings (SSSR count). The Balaban J connectivity index is 1.83. The van der Waals surface area contributed by atoms with Gasteiger partial charge < -0.3 is 10.1 Å². The van der Waals surface area contributed by atoms with Gasteiger partial charge in [-0.2, -0.15) is 0 Å². The highest BCUT2D eigenvalue weighted by molar-refractivity contribution is 7.13. The van der Waals surface area contributed by atoms with E-state index in [1.165, 1.54) is 11.3 Å². The number of benzene rings is 1. The van der Waals surface area contributed by atoms with Crippen molar-refractivity contribution >= 4 is 28.9 Å². The second-order valence-electron chi connectivity index (χ2n) is 5.65. The lowest BCUT2D eigenvalue weighted by molar-refractivity contribution is -0.116. The SMILES string of the molecule is CCOC(=O)c1csc(-c2ccc(NC(=O)CCCCCN=[N+]=[N-])cc2)n1. The number of thiazole rings is 1. The molecule has 1 aromatic heterocycles. The van der Waals surface area contributed by atoms with Gasteiger partial charge in [0.25, 0.3) is 0 Å². The van der Waals surface area contributed by atoms with Crippen LogP contribution in [-0.4, -0.2) is 30.0 Å². The van der Waals surface area contributed by atoms with Crippen LogP contribution >= 0.6 is 11.3 Å². The fourth-order valence-electron chi connectivity index (χ4n) is 2.31. The number of amides is 1. The van der Waals surface area contributed by atoms with E-state index in [1.54, 1.807) is 24.4 Å². The Morgan fingerprint density at radius 2 is 2.04 bits per heavy atom. The first-order valence-electron chi connectivity index (χ1n) is 8.68. The van der Waals surface area contributed by atoms with E-state index in [-0.39, 0.29) is 5.91 Å². The molecule has 0 saturated carbocycles. The third-order valence-electron chi connectivity index (χ3n) is 3.63. The Kier molecular flexibility index (Phi) is 8.28. The van der Waals surface area contributed by atoms with Crippen LogP contribution in [0.3, 0.4) is 0 Å². The number of hydrogen-bond donors (Lipinski definition) is 1. The summed E-state index contributed by atoms with van der Waals surface area (Å²) in [6, 6.07) is 7.31. The second-order valence-corrected chi connectivity index (χ2v) is 6.51. The number of anilines is 1. The van der Waals surface area contributed by atoms with Gasteiger partial charge >= 0.3 is 5.97 Å². The van der Waals surface area contributed by atoms with Crippen molar-refractivity contribution in [3.63, 3.8) is 0 Å². The second kappa shape index (κ2) is 10.9. The van der Waals surface area contributed by atoms with Gasteiger partial charge in [0, 0.05) is 34.5 Å². The van der Waals surface area contributed by atoms with Crippen molar-refractivity contribution in [3.05, 3.63) is 45.8 Å². The van der Waals surface area contributed by atoms with Gasteiger partial charge in [-0.3, -0.25) is 4.79 Å². The summed E-state index contributed by atoms with van der Waals surface area (Å²) in [6.45, 7) is 2.53. The predicted octanol–water partition coefficient (Wildman–Crippen LogP) is 4.80. The summed E-state index contributed by atoms with van der Waals surface area (Å²) < 4.78 is 4.94. The quantitative estimate of drug-likeness (QED) is 0.207. The molecule has 1 N–H and O–H groups in total. The lowest BCUT2D eigenvalue weighted by Gasteiger charge is -2.06. The molecule has 2 aromatic rings. The standard InChI is InChI=1S/C18H21N5O3S/c1-2-26-18(25)15-12-27-17(22-15)13-7-9-14(10-8-13)21-16(24)6-4-3-5-11-20-23-19/h7-10,12H,2-6,11H2,1H3,(H,21,24). The van der Waals surface area contributed by atoms with Crippen LogP contribution in [0, 0.1) is 0 Å². The largest absolute Gasteiger partial charge is 0.461 e. The van der Waals surface area contributed by atoms with Gasteiger partial charge in [-0.1, -0.05) is 11.5 Å². The number of ether oxygens (including phenoxy) is 1. The first kappa shape index (κ1) is 20.4. The molecule has 0 bridgehead atoms. The molecule has 0 spiro atoms. The van der Waals surface area contributed by atoms with Crippen LogP contribution in [-0.2, 0) is 9.53 Å². The van der Waals surface area contributed by atoms with Crippen molar-refractivity contribution in [1.82, 2.24) is 4.98 Å². The molecule has 1 aromatic carbocycles. The van der Waals surface area contributed by atoms with Crippen molar-refractivity contribution in [3.8, 4) is 10.6 Å². The van der Waals surface area contributed by atoms with Gasteiger partial charge in [0.15, 0.2) is 5.69 Å². The minimum Gasteiger partial charge on any atom is -0.461 e. The van der Waals surface area contributed by atoms with Crippen LogP contribution in [0.1, 0.15) is 43.1 Å². The third kappa shape index (κ3) is 6.73. The number of nitrogens with one attached hydrogen (secondary N) is 1. The Morgan fingerprint density at radius 1 is 1.26 bits per heavy atom. The molecule has 0 unspecified atom stereocenters. The van der Waals surface area contributed by atoms with Crippen LogP contribution in [0.4, 0.5) is 5.69 Å².